The highest BCUT2D eigenvalue weighted by Gasteiger charge is 2.33. The van der Waals surface area contributed by atoms with E-state index in [1.165, 1.54) is 16.4 Å². The first-order chi connectivity index (χ1) is 10.6. The highest BCUT2D eigenvalue weighted by atomic mass is 35.5. The predicted molar refractivity (Wildman–Crippen MR) is 90.2 cm³/mol. The number of carbonyl (C=O) groups excluding carboxylic acids is 1. The molecule has 1 aliphatic rings. The second-order valence-electron chi connectivity index (χ2n) is 6.96. The Morgan fingerprint density at radius 1 is 1.17 bits per heavy atom. The SMILES string of the molecule is CC(C)(C)C(=O)C[NH+]1CCN(S(=O)(=O)c2ccc(Cl)cc2)CC1. The van der Waals surface area contributed by atoms with Crippen LogP contribution in [0.2, 0.25) is 5.02 Å². The first-order valence-electron chi connectivity index (χ1n) is 7.73. The van der Waals surface area contributed by atoms with E-state index in [1.54, 1.807) is 12.1 Å². The molecule has 0 atom stereocenters. The van der Waals surface area contributed by atoms with E-state index in [-0.39, 0.29) is 16.1 Å². The van der Waals surface area contributed by atoms with Crippen molar-refractivity contribution in [2.24, 2.45) is 5.41 Å². The minimum Gasteiger partial charge on any atom is -0.327 e. The summed E-state index contributed by atoms with van der Waals surface area (Å²) in [7, 11) is -3.48. The van der Waals surface area contributed by atoms with E-state index in [9.17, 15) is 13.2 Å². The Kier molecular flexibility index (Phi) is 5.51. The largest absolute Gasteiger partial charge is 0.327 e. The van der Waals surface area contributed by atoms with Crippen molar-refractivity contribution in [1.82, 2.24) is 4.31 Å². The van der Waals surface area contributed by atoms with E-state index in [2.05, 4.69) is 0 Å². The molecule has 7 heteroatoms. The second-order valence-corrected chi connectivity index (χ2v) is 9.33. The smallest absolute Gasteiger partial charge is 0.243 e. The molecule has 2 rings (SSSR count). The van der Waals surface area contributed by atoms with Crippen molar-refractivity contribution in [3.05, 3.63) is 29.3 Å². The Morgan fingerprint density at radius 2 is 1.70 bits per heavy atom. The van der Waals surface area contributed by atoms with Crippen LogP contribution in [0, 0.1) is 5.41 Å². The standard InChI is InChI=1S/C16H23ClN2O3S/c1-16(2,3)15(20)12-18-8-10-19(11-9-18)23(21,22)14-6-4-13(17)5-7-14/h4-7H,8-12H2,1-3H3/p+1. The average molecular weight is 360 g/mol. The number of quaternary nitrogens is 1. The highest BCUT2D eigenvalue weighted by molar-refractivity contribution is 7.89. The number of hydrogen-bond acceptors (Lipinski definition) is 3. The van der Waals surface area contributed by atoms with Crippen LogP contribution >= 0.6 is 11.6 Å². The van der Waals surface area contributed by atoms with Crippen molar-refractivity contribution in [2.45, 2.75) is 25.7 Å². The fraction of sp³-hybridized carbons (Fsp3) is 0.562. The van der Waals surface area contributed by atoms with Gasteiger partial charge in [0.05, 0.1) is 31.1 Å². The van der Waals surface area contributed by atoms with Gasteiger partial charge in [-0.05, 0) is 24.3 Å². The molecule has 1 aromatic carbocycles. The third-order valence-electron chi connectivity index (χ3n) is 4.13. The van der Waals surface area contributed by atoms with Gasteiger partial charge in [0.25, 0.3) is 0 Å². The zero-order valence-electron chi connectivity index (χ0n) is 13.8. The molecule has 0 amide bonds. The molecule has 0 bridgehead atoms. The zero-order chi connectivity index (χ0) is 17.3. The number of nitrogens with one attached hydrogen (secondary N) is 1. The Bertz CT molecular complexity index is 658. The Morgan fingerprint density at radius 3 is 2.17 bits per heavy atom. The molecule has 1 aromatic rings. The van der Waals surface area contributed by atoms with Crippen molar-refractivity contribution in [2.75, 3.05) is 32.7 Å². The summed E-state index contributed by atoms with van der Waals surface area (Å²) in [6.45, 7) is 8.35. The topological polar surface area (TPSA) is 58.9 Å². The minimum absolute atomic E-state index is 0.210. The van der Waals surface area contributed by atoms with Crippen LogP contribution in [0.5, 0.6) is 0 Å². The number of halogens is 1. The van der Waals surface area contributed by atoms with Crippen LogP contribution in [0.1, 0.15) is 20.8 Å². The lowest BCUT2D eigenvalue weighted by molar-refractivity contribution is -0.895. The summed E-state index contributed by atoms with van der Waals surface area (Å²) in [5.74, 6) is 0.210. The van der Waals surface area contributed by atoms with Gasteiger partial charge >= 0.3 is 0 Å². The van der Waals surface area contributed by atoms with Crippen LogP contribution in [0.3, 0.4) is 0 Å². The maximum absolute atomic E-state index is 12.6. The first kappa shape index (κ1) is 18.4. The molecule has 1 fully saturated rings. The molecule has 0 saturated carbocycles. The van der Waals surface area contributed by atoms with Crippen molar-refractivity contribution >= 4 is 27.4 Å². The van der Waals surface area contributed by atoms with Crippen molar-refractivity contribution in [3.8, 4) is 0 Å². The number of rotatable bonds is 4. The molecular weight excluding hydrogens is 336 g/mol. The molecule has 1 saturated heterocycles. The Balaban J connectivity index is 1.98. The van der Waals surface area contributed by atoms with Gasteiger partial charge in [-0.15, -0.1) is 0 Å². The van der Waals surface area contributed by atoms with Crippen LogP contribution in [-0.4, -0.2) is 51.2 Å². The zero-order valence-corrected chi connectivity index (χ0v) is 15.4. The fourth-order valence-corrected chi connectivity index (χ4v) is 4.03. The summed E-state index contributed by atoms with van der Waals surface area (Å²) < 4.78 is 26.7. The molecule has 5 nitrogen and oxygen atoms in total. The summed E-state index contributed by atoms with van der Waals surface area (Å²) in [6.07, 6.45) is 0. The van der Waals surface area contributed by atoms with Crippen LogP contribution in [0.15, 0.2) is 29.2 Å². The van der Waals surface area contributed by atoms with Crippen molar-refractivity contribution < 1.29 is 18.1 Å². The van der Waals surface area contributed by atoms with Gasteiger partial charge in [-0.1, -0.05) is 32.4 Å². The number of carbonyl (C=O) groups is 1. The molecule has 128 valence electrons. The van der Waals surface area contributed by atoms with Crippen LogP contribution in [0.4, 0.5) is 0 Å². The number of Topliss-reactive ketones (excluding diaryl/α,β-unsaturated/α-hetero) is 1. The lowest BCUT2D eigenvalue weighted by atomic mass is 9.90. The van der Waals surface area contributed by atoms with E-state index < -0.39 is 10.0 Å². The predicted octanol–water partition coefficient (Wildman–Crippen LogP) is 0.844. The van der Waals surface area contributed by atoms with E-state index >= 15 is 0 Å². The molecule has 0 aromatic heterocycles. The van der Waals surface area contributed by atoms with E-state index in [0.717, 1.165) is 4.90 Å². The Labute approximate surface area is 143 Å². The van der Waals surface area contributed by atoms with Gasteiger partial charge < -0.3 is 4.90 Å². The fourth-order valence-electron chi connectivity index (χ4n) is 2.47. The lowest BCUT2D eigenvalue weighted by Gasteiger charge is -2.32. The van der Waals surface area contributed by atoms with Crippen LogP contribution in [-0.2, 0) is 14.8 Å². The molecule has 0 radical (unpaired) electrons. The van der Waals surface area contributed by atoms with Gasteiger partial charge in [-0.25, -0.2) is 8.42 Å². The first-order valence-corrected chi connectivity index (χ1v) is 9.55. The number of benzene rings is 1. The molecule has 1 heterocycles. The van der Waals surface area contributed by atoms with Gasteiger partial charge in [0.15, 0.2) is 5.78 Å². The number of sulfonamides is 1. The number of piperazine rings is 1. The molecule has 0 aliphatic carbocycles. The van der Waals surface area contributed by atoms with Gasteiger partial charge in [0.2, 0.25) is 10.0 Å². The Hall–Kier alpha value is -0.950. The van der Waals surface area contributed by atoms with E-state index in [1.807, 2.05) is 20.8 Å². The van der Waals surface area contributed by atoms with Crippen molar-refractivity contribution in [3.63, 3.8) is 0 Å². The van der Waals surface area contributed by atoms with Crippen LogP contribution < -0.4 is 4.90 Å². The monoisotopic (exact) mass is 359 g/mol. The van der Waals surface area contributed by atoms with Gasteiger partial charge in [0, 0.05) is 10.4 Å². The maximum atomic E-state index is 12.6. The molecular formula is C16H24ClN2O3S+. The lowest BCUT2D eigenvalue weighted by Crippen LogP contribution is -3.15. The number of nitrogens with zero attached hydrogens (tertiary/aromatic N) is 1. The molecule has 1 N–H and O–H groups in total. The molecule has 0 spiro atoms. The second kappa shape index (κ2) is 6.89. The summed E-state index contributed by atoms with van der Waals surface area (Å²) in [5.41, 5.74) is -0.348. The summed E-state index contributed by atoms with van der Waals surface area (Å²) in [5, 5.41) is 0.513. The van der Waals surface area contributed by atoms with Gasteiger partial charge in [-0.3, -0.25) is 4.79 Å². The van der Waals surface area contributed by atoms with E-state index in [0.29, 0.717) is 37.7 Å². The third kappa shape index (κ3) is 4.53. The summed E-state index contributed by atoms with van der Waals surface area (Å²) in [6, 6.07) is 6.22. The number of hydrogen-bond donors (Lipinski definition) is 1. The summed E-state index contributed by atoms with van der Waals surface area (Å²) in [4.78, 5) is 13.5. The molecule has 1 aliphatic heterocycles. The van der Waals surface area contributed by atoms with E-state index in [4.69, 9.17) is 11.6 Å². The summed E-state index contributed by atoms with van der Waals surface area (Å²) >= 11 is 5.81. The van der Waals surface area contributed by atoms with Gasteiger partial charge in [0.1, 0.15) is 6.54 Å². The molecule has 23 heavy (non-hydrogen) atoms. The quantitative estimate of drug-likeness (QED) is 0.866. The normalized spacial score (nSPS) is 18.1. The van der Waals surface area contributed by atoms with Crippen molar-refractivity contribution in [1.29, 1.82) is 0 Å². The average Bonchev–Trinajstić information content (AvgIpc) is 2.47. The minimum atomic E-state index is -3.48. The molecule has 0 unspecified atom stereocenters. The van der Waals surface area contributed by atoms with Gasteiger partial charge in [-0.2, -0.15) is 4.31 Å². The number of ketones is 1. The van der Waals surface area contributed by atoms with Crippen LogP contribution in [0.25, 0.3) is 0 Å². The highest BCUT2D eigenvalue weighted by Crippen LogP contribution is 2.18. The maximum Gasteiger partial charge on any atom is 0.243 e. The third-order valence-corrected chi connectivity index (χ3v) is 6.29.